The molecule has 2 atom stereocenters. The van der Waals surface area contributed by atoms with Gasteiger partial charge in [0.1, 0.15) is 6.04 Å². The molecule has 0 aliphatic carbocycles. The van der Waals surface area contributed by atoms with Gasteiger partial charge in [0.2, 0.25) is 11.8 Å². The summed E-state index contributed by atoms with van der Waals surface area (Å²) in [7, 11) is 0. The lowest BCUT2D eigenvalue weighted by molar-refractivity contribution is -0.127. The zero-order valence-corrected chi connectivity index (χ0v) is 8.91. The highest BCUT2D eigenvalue weighted by molar-refractivity contribution is 5.88. The smallest absolute Gasteiger partial charge is 0.239 e. The maximum Gasteiger partial charge on any atom is 0.239 e. The van der Waals surface area contributed by atoms with Crippen LogP contribution in [0.15, 0.2) is 0 Å². The van der Waals surface area contributed by atoms with Crippen LogP contribution in [-0.4, -0.2) is 23.9 Å². The highest BCUT2D eigenvalue weighted by Crippen LogP contribution is 2.02. The molecule has 1 unspecified atom stereocenters. The summed E-state index contributed by atoms with van der Waals surface area (Å²) in [6.07, 6.45) is 0.595. The van der Waals surface area contributed by atoms with Gasteiger partial charge in [-0.15, -0.1) is 0 Å². The summed E-state index contributed by atoms with van der Waals surface area (Å²) in [5.74, 6) is -0.542. The van der Waals surface area contributed by atoms with Gasteiger partial charge in [0, 0.05) is 0 Å². The van der Waals surface area contributed by atoms with Gasteiger partial charge in [0.05, 0.1) is 6.04 Å². The summed E-state index contributed by atoms with van der Waals surface area (Å²) in [5, 5.41) is 2.45. The minimum absolute atomic E-state index is 0.329. The van der Waals surface area contributed by atoms with Gasteiger partial charge in [-0.1, -0.05) is 13.8 Å². The lowest BCUT2D eigenvalue weighted by Crippen LogP contribution is -2.49. The second-order valence-electron chi connectivity index (χ2n) is 3.87. The molecule has 0 radical (unpaired) electrons. The van der Waals surface area contributed by atoms with E-state index >= 15 is 0 Å². The highest BCUT2D eigenvalue weighted by atomic mass is 16.2. The number of hydrogen-bond donors (Lipinski definition) is 3. The van der Waals surface area contributed by atoms with Crippen molar-refractivity contribution in [2.24, 2.45) is 17.4 Å². The fourth-order valence-corrected chi connectivity index (χ4v) is 1.01. The summed E-state index contributed by atoms with van der Waals surface area (Å²) < 4.78 is 0. The molecule has 0 rings (SSSR count). The average Bonchev–Trinajstić information content (AvgIpc) is 2.02. The molecule has 82 valence electrons. The lowest BCUT2D eigenvalue weighted by Gasteiger charge is -2.16. The Morgan fingerprint density at radius 3 is 2.14 bits per heavy atom. The molecular formula is C9H19N3O2. The van der Waals surface area contributed by atoms with Gasteiger partial charge in [-0.3, -0.25) is 9.59 Å². The van der Waals surface area contributed by atoms with Gasteiger partial charge in [-0.25, -0.2) is 0 Å². The molecule has 0 aromatic rings. The monoisotopic (exact) mass is 201 g/mol. The van der Waals surface area contributed by atoms with Crippen molar-refractivity contribution in [2.45, 2.75) is 39.3 Å². The van der Waals surface area contributed by atoms with Crippen LogP contribution in [0.5, 0.6) is 0 Å². The second kappa shape index (κ2) is 5.59. The molecule has 5 nitrogen and oxygen atoms in total. The van der Waals surface area contributed by atoms with Crippen LogP contribution in [0.1, 0.15) is 27.2 Å². The van der Waals surface area contributed by atoms with Gasteiger partial charge < -0.3 is 16.8 Å². The average molecular weight is 201 g/mol. The van der Waals surface area contributed by atoms with E-state index in [-0.39, 0.29) is 5.91 Å². The number of nitrogens with two attached hydrogens (primary N) is 2. The molecule has 2 amide bonds. The van der Waals surface area contributed by atoms with E-state index in [0.29, 0.717) is 12.3 Å². The molecule has 0 aromatic carbocycles. The summed E-state index contributed by atoms with van der Waals surface area (Å²) in [5.41, 5.74) is 10.6. The van der Waals surface area contributed by atoms with Gasteiger partial charge in [-0.2, -0.15) is 0 Å². The third-order valence-electron chi connectivity index (χ3n) is 1.85. The van der Waals surface area contributed by atoms with Gasteiger partial charge in [-0.05, 0) is 19.3 Å². The summed E-state index contributed by atoms with van der Waals surface area (Å²) in [6, 6.07) is -1.24. The number of carbonyl (C=O) groups is 2. The van der Waals surface area contributed by atoms with Gasteiger partial charge in [0.15, 0.2) is 0 Å². The number of hydrogen-bond acceptors (Lipinski definition) is 3. The molecule has 0 bridgehead atoms. The van der Waals surface area contributed by atoms with Crippen molar-refractivity contribution in [3.63, 3.8) is 0 Å². The number of amides is 2. The topological polar surface area (TPSA) is 98.2 Å². The quantitative estimate of drug-likeness (QED) is 0.551. The highest BCUT2D eigenvalue weighted by Gasteiger charge is 2.18. The molecule has 14 heavy (non-hydrogen) atoms. The third kappa shape index (κ3) is 4.81. The van der Waals surface area contributed by atoms with E-state index in [1.165, 1.54) is 6.92 Å². The molecule has 5 heteroatoms. The largest absolute Gasteiger partial charge is 0.368 e. The van der Waals surface area contributed by atoms with E-state index in [0.717, 1.165) is 0 Å². The Labute approximate surface area is 84.2 Å². The molecule has 0 spiro atoms. The first-order valence-electron chi connectivity index (χ1n) is 4.69. The molecule has 0 saturated heterocycles. The molecule has 0 aliphatic heterocycles. The predicted molar refractivity (Wildman–Crippen MR) is 54.2 cm³/mol. The van der Waals surface area contributed by atoms with Crippen LogP contribution in [0.25, 0.3) is 0 Å². The van der Waals surface area contributed by atoms with Crippen LogP contribution >= 0.6 is 0 Å². The molecule has 0 saturated carbocycles. The van der Waals surface area contributed by atoms with E-state index in [1.54, 1.807) is 0 Å². The van der Waals surface area contributed by atoms with E-state index in [1.807, 2.05) is 13.8 Å². The number of carbonyl (C=O) groups excluding carboxylic acids is 2. The van der Waals surface area contributed by atoms with E-state index in [2.05, 4.69) is 5.32 Å². The molecule has 0 aliphatic rings. The molecule has 0 fully saturated rings. The Balaban J connectivity index is 4.01. The van der Waals surface area contributed by atoms with Crippen molar-refractivity contribution < 1.29 is 9.59 Å². The number of nitrogens with one attached hydrogen (secondary N) is 1. The van der Waals surface area contributed by atoms with E-state index < -0.39 is 18.0 Å². The Morgan fingerprint density at radius 1 is 1.29 bits per heavy atom. The van der Waals surface area contributed by atoms with Gasteiger partial charge in [0.25, 0.3) is 0 Å². The third-order valence-corrected chi connectivity index (χ3v) is 1.85. The summed E-state index contributed by atoms with van der Waals surface area (Å²) >= 11 is 0. The van der Waals surface area contributed by atoms with E-state index in [4.69, 9.17) is 11.5 Å². The minimum Gasteiger partial charge on any atom is -0.368 e. The van der Waals surface area contributed by atoms with Crippen LogP contribution in [0, 0.1) is 5.92 Å². The van der Waals surface area contributed by atoms with Crippen molar-refractivity contribution in [2.75, 3.05) is 0 Å². The molecular weight excluding hydrogens is 182 g/mol. The van der Waals surface area contributed by atoms with Crippen LogP contribution < -0.4 is 16.8 Å². The van der Waals surface area contributed by atoms with Crippen LogP contribution in [0.4, 0.5) is 0 Å². The Bertz CT molecular complexity index is 216. The molecule has 0 heterocycles. The van der Waals surface area contributed by atoms with Gasteiger partial charge >= 0.3 is 0 Å². The van der Waals surface area contributed by atoms with Crippen molar-refractivity contribution in [1.29, 1.82) is 0 Å². The normalized spacial score (nSPS) is 14.9. The number of rotatable bonds is 5. The number of primary amides is 1. The second-order valence-corrected chi connectivity index (χ2v) is 3.87. The van der Waals surface area contributed by atoms with Crippen LogP contribution in [0.2, 0.25) is 0 Å². The Morgan fingerprint density at radius 2 is 1.79 bits per heavy atom. The van der Waals surface area contributed by atoms with Crippen molar-refractivity contribution in [1.82, 2.24) is 5.32 Å². The van der Waals surface area contributed by atoms with Crippen molar-refractivity contribution in [3.05, 3.63) is 0 Å². The SMILES string of the molecule is CC(C)C[C@H](N)C(=O)NC(C)C(N)=O. The fourth-order valence-electron chi connectivity index (χ4n) is 1.01. The molecule has 0 aromatic heterocycles. The van der Waals surface area contributed by atoms with Crippen molar-refractivity contribution >= 4 is 11.8 Å². The minimum atomic E-state index is -0.666. The standard InChI is InChI=1S/C9H19N3O2/c1-5(2)4-7(10)9(14)12-6(3)8(11)13/h5-7H,4,10H2,1-3H3,(H2,11,13)(H,12,14)/t6?,7-/m0/s1. The van der Waals surface area contributed by atoms with Crippen LogP contribution in [0.3, 0.4) is 0 Å². The Hall–Kier alpha value is -1.10. The first-order valence-corrected chi connectivity index (χ1v) is 4.69. The van der Waals surface area contributed by atoms with Crippen LogP contribution in [-0.2, 0) is 9.59 Å². The maximum absolute atomic E-state index is 11.3. The predicted octanol–water partition coefficient (Wildman–Crippen LogP) is -0.650. The Kier molecular flexibility index (Phi) is 5.15. The summed E-state index contributed by atoms with van der Waals surface area (Å²) in [4.78, 5) is 22.0. The maximum atomic E-state index is 11.3. The fraction of sp³-hybridized carbons (Fsp3) is 0.778. The zero-order chi connectivity index (χ0) is 11.3. The summed E-state index contributed by atoms with van der Waals surface area (Å²) in [6.45, 7) is 5.48. The van der Waals surface area contributed by atoms with E-state index in [9.17, 15) is 9.59 Å². The zero-order valence-electron chi connectivity index (χ0n) is 8.91. The van der Waals surface area contributed by atoms with Crippen molar-refractivity contribution in [3.8, 4) is 0 Å². The first-order chi connectivity index (χ1) is 6.34. The lowest BCUT2D eigenvalue weighted by atomic mass is 10.0. The first kappa shape index (κ1) is 12.9. The molecule has 5 N–H and O–H groups in total.